The smallest absolute Gasteiger partial charge is 0.0717 e. The van der Waals surface area contributed by atoms with Gasteiger partial charge in [-0.3, -0.25) is 0 Å². The molecule has 2 unspecified atom stereocenters. The van der Waals surface area contributed by atoms with E-state index in [2.05, 4.69) is 31.2 Å². The fourth-order valence-electron chi connectivity index (χ4n) is 2.83. The van der Waals surface area contributed by atoms with Gasteiger partial charge < -0.3 is 10.5 Å². The Morgan fingerprint density at radius 1 is 1.35 bits per heavy atom. The first kappa shape index (κ1) is 12.6. The topological polar surface area (TPSA) is 35.2 Å². The van der Waals surface area contributed by atoms with E-state index in [0.29, 0.717) is 6.61 Å². The van der Waals surface area contributed by atoms with Gasteiger partial charge in [-0.25, -0.2) is 0 Å². The van der Waals surface area contributed by atoms with Gasteiger partial charge >= 0.3 is 0 Å². The maximum atomic E-state index is 5.93. The Morgan fingerprint density at radius 3 is 2.71 bits per heavy atom. The lowest BCUT2D eigenvalue weighted by molar-refractivity contribution is 0.0388. The molecule has 1 aromatic rings. The number of hydrogen-bond donors (Lipinski definition) is 1. The molecule has 1 fully saturated rings. The summed E-state index contributed by atoms with van der Waals surface area (Å²) in [5.41, 5.74) is 7.42. The van der Waals surface area contributed by atoms with Gasteiger partial charge in [0, 0.05) is 12.0 Å². The Balaban J connectivity index is 1.81. The molecule has 0 bridgehead atoms. The van der Waals surface area contributed by atoms with Crippen LogP contribution in [0, 0.1) is 11.3 Å². The second-order valence-electron chi connectivity index (χ2n) is 5.53. The highest BCUT2D eigenvalue weighted by Crippen LogP contribution is 2.41. The normalized spacial score (nSPS) is 28.5. The highest BCUT2D eigenvalue weighted by molar-refractivity contribution is 5.13. The van der Waals surface area contributed by atoms with Crippen molar-refractivity contribution < 1.29 is 4.74 Å². The van der Waals surface area contributed by atoms with Crippen molar-refractivity contribution in [3.63, 3.8) is 0 Å². The summed E-state index contributed by atoms with van der Waals surface area (Å²) in [6.45, 7) is 4.58. The minimum Gasteiger partial charge on any atom is -0.376 e. The monoisotopic (exact) mass is 233 g/mol. The molecule has 1 aliphatic rings. The van der Waals surface area contributed by atoms with Crippen molar-refractivity contribution in [2.24, 2.45) is 17.1 Å². The van der Waals surface area contributed by atoms with Crippen LogP contribution in [0.2, 0.25) is 0 Å². The lowest BCUT2D eigenvalue weighted by Gasteiger charge is -2.27. The van der Waals surface area contributed by atoms with E-state index >= 15 is 0 Å². The molecule has 1 aromatic carbocycles. The average Bonchev–Trinajstić information content (AvgIpc) is 2.73. The summed E-state index contributed by atoms with van der Waals surface area (Å²) in [5.74, 6) is 0.805. The molecular weight excluding hydrogens is 210 g/mol. The van der Waals surface area contributed by atoms with Crippen LogP contribution in [-0.2, 0) is 11.3 Å². The first-order chi connectivity index (χ1) is 8.24. The Morgan fingerprint density at radius 2 is 2.12 bits per heavy atom. The van der Waals surface area contributed by atoms with Crippen LogP contribution in [0.1, 0.15) is 31.7 Å². The lowest BCUT2D eigenvalue weighted by Crippen LogP contribution is -2.32. The number of nitrogens with two attached hydrogens (primary N) is 1. The second-order valence-corrected chi connectivity index (χ2v) is 5.53. The summed E-state index contributed by atoms with van der Waals surface area (Å²) in [4.78, 5) is 0. The fraction of sp³-hybridized carbons (Fsp3) is 0.600. The molecular formula is C15H23NO. The highest BCUT2D eigenvalue weighted by atomic mass is 16.5. The Labute approximate surface area is 104 Å². The van der Waals surface area contributed by atoms with Crippen molar-refractivity contribution in [3.05, 3.63) is 35.9 Å². The van der Waals surface area contributed by atoms with E-state index in [9.17, 15) is 0 Å². The molecule has 2 nitrogen and oxygen atoms in total. The maximum absolute atomic E-state index is 5.93. The quantitative estimate of drug-likeness (QED) is 0.848. The van der Waals surface area contributed by atoms with Crippen molar-refractivity contribution in [1.29, 1.82) is 0 Å². The van der Waals surface area contributed by atoms with E-state index < -0.39 is 0 Å². The van der Waals surface area contributed by atoms with Gasteiger partial charge in [0.1, 0.15) is 0 Å². The lowest BCUT2D eigenvalue weighted by atomic mass is 9.86. The molecule has 0 saturated heterocycles. The van der Waals surface area contributed by atoms with E-state index in [-0.39, 0.29) is 5.41 Å². The van der Waals surface area contributed by atoms with Crippen molar-refractivity contribution in [2.75, 3.05) is 13.2 Å². The van der Waals surface area contributed by atoms with E-state index in [0.717, 1.165) is 19.1 Å². The molecule has 0 amide bonds. The molecule has 2 N–H and O–H groups in total. The van der Waals surface area contributed by atoms with Gasteiger partial charge in [0.15, 0.2) is 0 Å². The molecule has 0 heterocycles. The largest absolute Gasteiger partial charge is 0.376 e. The van der Waals surface area contributed by atoms with Crippen LogP contribution in [0.25, 0.3) is 0 Å². The Bertz CT molecular complexity index is 338. The number of rotatable bonds is 5. The Hall–Kier alpha value is -0.860. The highest BCUT2D eigenvalue weighted by Gasteiger charge is 2.36. The molecule has 94 valence electrons. The van der Waals surface area contributed by atoms with Crippen LogP contribution in [0.3, 0.4) is 0 Å². The summed E-state index contributed by atoms with van der Waals surface area (Å²) in [6, 6.07) is 10.3. The maximum Gasteiger partial charge on any atom is 0.0717 e. The molecule has 0 aromatic heterocycles. The molecule has 2 heteroatoms. The minimum atomic E-state index is 0.244. The Kier molecular flexibility index (Phi) is 4.19. The third-order valence-corrected chi connectivity index (χ3v) is 3.90. The SMILES string of the molecule is CC1CCC(CN)(COCc2ccccc2)C1. The zero-order chi connectivity index (χ0) is 12.1. The second kappa shape index (κ2) is 5.65. The predicted molar refractivity (Wildman–Crippen MR) is 70.6 cm³/mol. The molecule has 0 radical (unpaired) electrons. The van der Waals surface area contributed by atoms with Crippen molar-refractivity contribution in [2.45, 2.75) is 32.8 Å². The molecule has 0 spiro atoms. The third kappa shape index (κ3) is 3.30. The van der Waals surface area contributed by atoms with Crippen LogP contribution >= 0.6 is 0 Å². The minimum absolute atomic E-state index is 0.244. The molecule has 1 saturated carbocycles. The molecule has 17 heavy (non-hydrogen) atoms. The third-order valence-electron chi connectivity index (χ3n) is 3.90. The summed E-state index contributed by atoms with van der Waals surface area (Å²) >= 11 is 0. The summed E-state index contributed by atoms with van der Waals surface area (Å²) in [7, 11) is 0. The van der Waals surface area contributed by atoms with Gasteiger partial charge in [-0.15, -0.1) is 0 Å². The van der Waals surface area contributed by atoms with Crippen LogP contribution < -0.4 is 5.73 Å². The van der Waals surface area contributed by atoms with E-state index in [1.54, 1.807) is 0 Å². The van der Waals surface area contributed by atoms with Crippen LogP contribution in [0.4, 0.5) is 0 Å². The first-order valence-electron chi connectivity index (χ1n) is 6.56. The van der Waals surface area contributed by atoms with Gasteiger partial charge in [0.25, 0.3) is 0 Å². The van der Waals surface area contributed by atoms with Crippen LogP contribution in [-0.4, -0.2) is 13.2 Å². The number of ether oxygens (including phenoxy) is 1. The summed E-state index contributed by atoms with van der Waals surface area (Å²) < 4.78 is 5.87. The van der Waals surface area contributed by atoms with E-state index in [1.807, 2.05) is 6.07 Å². The van der Waals surface area contributed by atoms with Gasteiger partial charge in [-0.1, -0.05) is 43.7 Å². The standard InChI is InChI=1S/C15H23NO/c1-13-7-8-15(9-13,11-16)12-17-10-14-5-3-2-4-6-14/h2-6,13H,7-12,16H2,1H3. The molecule has 1 aliphatic carbocycles. The number of benzene rings is 1. The van der Waals surface area contributed by atoms with E-state index in [1.165, 1.54) is 24.8 Å². The van der Waals surface area contributed by atoms with Crippen molar-refractivity contribution >= 4 is 0 Å². The zero-order valence-corrected chi connectivity index (χ0v) is 10.7. The molecule has 0 aliphatic heterocycles. The molecule has 2 rings (SSSR count). The van der Waals surface area contributed by atoms with Gasteiger partial charge in [-0.2, -0.15) is 0 Å². The number of hydrogen-bond acceptors (Lipinski definition) is 2. The predicted octanol–water partition coefficient (Wildman–Crippen LogP) is 2.97. The fourth-order valence-corrected chi connectivity index (χ4v) is 2.83. The van der Waals surface area contributed by atoms with Crippen molar-refractivity contribution in [1.82, 2.24) is 0 Å². The first-order valence-corrected chi connectivity index (χ1v) is 6.56. The van der Waals surface area contributed by atoms with Crippen LogP contribution in [0.5, 0.6) is 0 Å². The van der Waals surface area contributed by atoms with Crippen LogP contribution in [0.15, 0.2) is 30.3 Å². The molecule has 2 atom stereocenters. The summed E-state index contributed by atoms with van der Waals surface area (Å²) in [5, 5.41) is 0. The van der Waals surface area contributed by atoms with Gasteiger partial charge in [0.2, 0.25) is 0 Å². The van der Waals surface area contributed by atoms with Crippen molar-refractivity contribution in [3.8, 4) is 0 Å². The average molecular weight is 233 g/mol. The van der Waals surface area contributed by atoms with Gasteiger partial charge in [-0.05, 0) is 24.3 Å². The zero-order valence-electron chi connectivity index (χ0n) is 10.7. The summed E-state index contributed by atoms with van der Waals surface area (Å²) in [6.07, 6.45) is 3.74. The van der Waals surface area contributed by atoms with Gasteiger partial charge in [0.05, 0.1) is 13.2 Å². The van der Waals surface area contributed by atoms with E-state index in [4.69, 9.17) is 10.5 Å².